The van der Waals surface area contributed by atoms with Gasteiger partial charge < -0.3 is 14.2 Å². The molecule has 0 N–H and O–H groups in total. The van der Waals surface area contributed by atoms with Crippen LogP contribution in [0.15, 0.2) is 36.4 Å². The van der Waals surface area contributed by atoms with Gasteiger partial charge in [-0.2, -0.15) is 0 Å². The van der Waals surface area contributed by atoms with Crippen LogP contribution in [0.25, 0.3) is 0 Å². The molecule has 22 heavy (non-hydrogen) atoms. The summed E-state index contributed by atoms with van der Waals surface area (Å²) in [5.74, 6) is 0.522. The lowest BCUT2D eigenvalue weighted by molar-refractivity contribution is 0.0472. The maximum atomic E-state index is 12.1. The summed E-state index contributed by atoms with van der Waals surface area (Å²) in [7, 11) is 3.03. The Hall–Kier alpha value is -1.91. The zero-order chi connectivity index (χ0) is 16.1. The van der Waals surface area contributed by atoms with E-state index in [0.29, 0.717) is 32.7 Å². The van der Waals surface area contributed by atoms with E-state index in [4.69, 9.17) is 37.4 Å². The topological polar surface area (TPSA) is 44.8 Å². The van der Waals surface area contributed by atoms with Crippen LogP contribution in [-0.4, -0.2) is 20.2 Å². The third kappa shape index (κ3) is 3.84. The Morgan fingerprint density at radius 3 is 2.36 bits per heavy atom. The van der Waals surface area contributed by atoms with Gasteiger partial charge >= 0.3 is 5.97 Å². The van der Waals surface area contributed by atoms with Gasteiger partial charge in [0.25, 0.3) is 0 Å². The molecule has 2 aromatic rings. The number of hydrogen-bond acceptors (Lipinski definition) is 4. The summed E-state index contributed by atoms with van der Waals surface area (Å²) in [6.45, 7) is 0.0587. The van der Waals surface area contributed by atoms with Gasteiger partial charge in [-0.15, -0.1) is 0 Å². The van der Waals surface area contributed by atoms with Crippen molar-refractivity contribution in [1.29, 1.82) is 0 Å². The maximum Gasteiger partial charge on any atom is 0.338 e. The van der Waals surface area contributed by atoms with Gasteiger partial charge in [-0.3, -0.25) is 0 Å². The largest absolute Gasteiger partial charge is 0.493 e. The number of carbonyl (C=O) groups is 1. The first kappa shape index (κ1) is 16.5. The van der Waals surface area contributed by atoms with E-state index < -0.39 is 5.97 Å². The van der Waals surface area contributed by atoms with E-state index in [9.17, 15) is 4.79 Å². The quantitative estimate of drug-likeness (QED) is 0.758. The number of halogens is 2. The molecule has 0 saturated carbocycles. The molecule has 0 aliphatic heterocycles. The minimum Gasteiger partial charge on any atom is -0.493 e. The van der Waals surface area contributed by atoms with E-state index in [1.165, 1.54) is 14.2 Å². The van der Waals surface area contributed by atoms with Crippen LogP contribution in [0.5, 0.6) is 11.5 Å². The Morgan fingerprint density at radius 2 is 1.73 bits per heavy atom. The van der Waals surface area contributed by atoms with E-state index in [0.717, 1.165) is 0 Å². The Kier molecular flexibility index (Phi) is 5.52. The van der Waals surface area contributed by atoms with Crippen molar-refractivity contribution in [2.45, 2.75) is 6.61 Å². The molecule has 4 nitrogen and oxygen atoms in total. The summed E-state index contributed by atoms with van der Waals surface area (Å²) in [5, 5.41) is 0.979. The number of methoxy groups -OCH3 is 2. The summed E-state index contributed by atoms with van der Waals surface area (Å²) >= 11 is 11.9. The van der Waals surface area contributed by atoms with Crippen LogP contribution in [0, 0.1) is 0 Å². The van der Waals surface area contributed by atoms with Crippen molar-refractivity contribution >= 4 is 29.2 Å². The van der Waals surface area contributed by atoms with Gasteiger partial charge in [0.15, 0.2) is 11.5 Å². The van der Waals surface area contributed by atoms with Crippen molar-refractivity contribution in [2.75, 3.05) is 14.2 Å². The fourth-order valence-corrected chi connectivity index (χ4v) is 2.29. The van der Waals surface area contributed by atoms with Crippen LogP contribution in [0.3, 0.4) is 0 Å². The first-order chi connectivity index (χ1) is 10.5. The minimum absolute atomic E-state index is 0.0587. The van der Waals surface area contributed by atoms with Gasteiger partial charge in [0.1, 0.15) is 6.61 Å². The Balaban J connectivity index is 2.09. The normalized spacial score (nSPS) is 10.2. The van der Waals surface area contributed by atoms with Crippen molar-refractivity contribution in [3.05, 3.63) is 57.6 Å². The molecule has 0 fully saturated rings. The lowest BCUT2D eigenvalue weighted by Gasteiger charge is -2.10. The summed E-state index contributed by atoms with van der Waals surface area (Å²) in [5.41, 5.74) is 1.04. The molecule has 0 heterocycles. The van der Waals surface area contributed by atoms with Crippen molar-refractivity contribution in [2.24, 2.45) is 0 Å². The first-order valence-electron chi connectivity index (χ1n) is 6.38. The molecule has 0 radical (unpaired) electrons. The molecule has 2 aromatic carbocycles. The van der Waals surface area contributed by atoms with Crippen molar-refractivity contribution in [3.8, 4) is 11.5 Å². The molecule has 116 valence electrons. The SMILES string of the molecule is COc1ccc(C(=O)OCc2ccc(Cl)cc2Cl)cc1OC. The fourth-order valence-electron chi connectivity index (χ4n) is 1.83. The molecule has 6 heteroatoms. The second kappa shape index (κ2) is 7.38. The van der Waals surface area contributed by atoms with Crippen LogP contribution in [0.4, 0.5) is 0 Å². The summed E-state index contributed by atoms with van der Waals surface area (Å²) < 4.78 is 15.5. The van der Waals surface area contributed by atoms with Gasteiger partial charge in [0.05, 0.1) is 19.8 Å². The predicted octanol–water partition coefficient (Wildman–Crippen LogP) is 4.37. The predicted molar refractivity (Wildman–Crippen MR) is 85.1 cm³/mol. The number of carbonyl (C=O) groups excluding carboxylic acids is 1. The number of hydrogen-bond donors (Lipinski definition) is 0. The molecule has 0 aromatic heterocycles. The standard InChI is InChI=1S/C16H14Cl2O4/c1-20-14-6-4-10(7-15(14)21-2)16(19)22-9-11-3-5-12(17)8-13(11)18/h3-8H,9H2,1-2H3. The highest BCUT2D eigenvalue weighted by Crippen LogP contribution is 2.28. The van der Waals surface area contributed by atoms with E-state index in [1.54, 1.807) is 36.4 Å². The third-order valence-electron chi connectivity index (χ3n) is 2.99. The fraction of sp³-hybridized carbons (Fsp3) is 0.188. The highest BCUT2D eigenvalue weighted by Gasteiger charge is 2.13. The van der Waals surface area contributed by atoms with E-state index in [-0.39, 0.29) is 6.61 Å². The van der Waals surface area contributed by atoms with E-state index in [1.807, 2.05) is 0 Å². The molecule has 0 aliphatic rings. The molecule has 0 saturated heterocycles. The van der Waals surface area contributed by atoms with E-state index >= 15 is 0 Å². The molecule has 0 amide bonds. The molecule has 2 rings (SSSR count). The zero-order valence-electron chi connectivity index (χ0n) is 12.1. The maximum absolute atomic E-state index is 12.1. The van der Waals surface area contributed by atoms with Crippen LogP contribution in [0.1, 0.15) is 15.9 Å². The van der Waals surface area contributed by atoms with Gasteiger partial charge in [-0.25, -0.2) is 4.79 Å². The van der Waals surface area contributed by atoms with Crippen LogP contribution < -0.4 is 9.47 Å². The van der Waals surface area contributed by atoms with Crippen LogP contribution in [-0.2, 0) is 11.3 Å². The second-order valence-electron chi connectivity index (χ2n) is 4.38. The van der Waals surface area contributed by atoms with Gasteiger partial charge in [0.2, 0.25) is 0 Å². The van der Waals surface area contributed by atoms with Crippen LogP contribution >= 0.6 is 23.2 Å². The summed E-state index contributed by atoms with van der Waals surface area (Å²) in [6.07, 6.45) is 0. The Morgan fingerprint density at radius 1 is 1.00 bits per heavy atom. The van der Waals surface area contributed by atoms with Crippen LogP contribution in [0.2, 0.25) is 10.0 Å². The number of benzene rings is 2. The van der Waals surface area contributed by atoms with Gasteiger partial charge in [-0.1, -0.05) is 29.3 Å². The van der Waals surface area contributed by atoms with Crippen molar-refractivity contribution in [3.63, 3.8) is 0 Å². The average Bonchev–Trinajstić information content (AvgIpc) is 2.53. The molecular weight excluding hydrogens is 327 g/mol. The molecule has 0 spiro atoms. The highest BCUT2D eigenvalue weighted by atomic mass is 35.5. The minimum atomic E-state index is -0.480. The molecule has 0 unspecified atom stereocenters. The smallest absolute Gasteiger partial charge is 0.338 e. The highest BCUT2D eigenvalue weighted by molar-refractivity contribution is 6.35. The van der Waals surface area contributed by atoms with E-state index in [2.05, 4.69) is 0 Å². The average molecular weight is 341 g/mol. The molecule has 0 atom stereocenters. The molecular formula is C16H14Cl2O4. The number of esters is 1. The van der Waals surface area contributed by atoms with Gasteiger partial charge in [0, 0.05) is 15.6 Å². The molecule has 0 aliphatic carbocycles. The summed E-state index contributed by atoms with van der Waals surface area (Å²) in [4.78, 5) is 12.1. The Bertz CT molecular complexity index is 686. The van der Waals surface area contributed by atoms with Crippen molar-refractivity contribution in [1.82, 2.24) is 0 Å². The third-order valence-corrected chi connectivity index (χ3v) is 3.58. The van der Waals surface area contributed by atoms with Gasteiger partial charge in [-0.05, 0) is 30.3 Å². The monoisotopic (exact) mass is 340 g/mol. The molecule has 0 bridgehead atoms. The second-order valence-corrected chi connectivity index (χ2v) is 5.23. The Labute approximate surface area is 138 Å². The lowest BCUT2D eigenvalue weighted by atomic mass is 10.2. The first-order valence-corrected chi connectivity index (χ1v) is 7.14. The zero-order valence-corrected chi connectivity index (χ0v) is 13.6. The number of rotatable bonds is 5. The lowest BCUT2D eigenvalue weighted by Crippen LogP contribution is -2.06. The summed E-state index contributed by atoms with van der Waals surface area (Å²) in [6, 6.07) is 9.81. The number of ether oxygens (including phenoxy) is 3. The van der Waals surface area contributed by atoms with Crippen molar-refractivity contribution < 1.29 is 19.0 Å².